The van der Waals surface area contributed by atoms with Gasteiger partial charge in [0.2, 0.25) is 5.91 Å². The molecule has 0 bridgehead atoms. The zero-order valence-electron chi connectivity index (χ0n) is 16.1. The van der Waals surface area contributed by atoms with E-state index in [1.807, 2.05) is 47.4 Å². The van der Waals surface area contributed by atoms with Crippen LogP contribution in [0.2, 0.25) is 0 Å². The number of nitrogens with zero attached hydrogens (tertiary/aromatic N) is 2. The van der Waals surface area contributed by atoms with E-state index in [0.717, 1.165) is 24.2 Å². The van der Waals surface area contributed by atoms with Gasteiger partial charge in [-0.05, 0) is 43.2 Å². The van der Waals surface area contributed by atoms with E-state index in [2.05, 4.69) is 0 Å². The molecule has 0 aromatic heterocycles. The van der Waals surface area contributed by atoms with E-state index in [1.165, 1.54) is 4.90 Å². The van der Waals surface area contributed by atoms with Gasteiger partial charge in [0.1, 0.15) is 0 Å². The number of carbonyl (C=O) groups excluding carboxylic acids is 3. The smallest absolute Gasteiger partial charge is 0.338 e. The summed E-state index contributed by atoms with van der Waals surface area (Å²) in [5, 5.41) is 0. The van der Waals surface area contributed by atoms with Gasteiger partial charge in [-0.1, -0.05) is 30.3 Å². The van der Waals surface area contributed by atoms with Crippen LogP contribution in [0.4, 0.5) is 5.69 Å². The molecule has 0 saturated carbocycles. The first kappa shape index (κ1) is 19.6. The fourth-order valence-corrected chi connectivity index (χ4v) is 3.17. The molecule has 1 atom stereocenters. The van der Waals surface area contributed by atoms with Crippen LogP contribution in [0, 0.1) is 0 Å². The van der Waals surface area contributed by atoms with Crippen LogP contribution in [0.1, 0.15) is 35.7 Å². The van der Waals surface area contributed by atoms with Gasteiger partial charge < -0.3 is 14.5 Å². The molecule has 3 rings (SSSR count). The van der Waals surface area contributed by atoms with Crippen molar-refractivity contribution in [2.45, 2.75) is 32.4 Å². The molecular weight excluding hydrogens is 356 g/mol. The van der Waals surface area contributed by atoms with E-state index in [0.29, 0.717) is 18.5 Å². The third-order valence-electron chi connectivity index (χ3n) is 4.84. The standard InChI is InChI=1S/C22H24N2O4/c1-16(21(26)23(2)19-7-4-3-5-8-19)28-22(27)18-12-10-17(11-13-18)15-24-14-6-9-20(24)25/h3-5,7-8,10-13,16H,6,9,14-15H2,1-2H3. The highest BCUT2D eigenvalue weighted by Crippen LogP contribution is 2.16. The summed E-state index contributed by atoms with van der Waals surface area (Å²) < 4.78 is 5.34. The SMILES string of the molecule is CC(OC(=O)c1ccc(CN2CCCC2=O)cc1)C(=O)N(C)c1ccccc1. The average Bonchev–Trinajstić information content (AvgIpc) is 3.12. The molecule has 1 unspecified atom stereocenters. The molecule has 1 saturated heterocycles. The third-order valence-corrected chi connectivity index (χ3v) is 4.84. The predicted molar refractivity (Wildman–Crippen MR) is 106 cm³/mol. The highest BCUT2D eigenvalue weighted by atomic mass is 16.5. The Balaban J connectivity index is 1.57. The highest BCUT2D eigenvalue weighted by Gasteiger charge is 2.23. The van der Waals surface area contributed by atoms with E-state index >= 15 is 0 Å². The van der Waals surface area contributed by atoms with Crippen LogP contribution in [-0.2, 0) is 20.9 Å². The maximum atomic E-state index is 12.5. The molecule has 2 aromatic carbocycles. The molecule has 2 amide bonds. The number of likely N-dealkylation sites (tertiary alicyclic amines) is 1. The number of hydrogen-bond donors (Lipinski definition) is 0. The molecule has 1 heterocycles. The van der Waals surface area contributed by atoms with E-state index in [9.17, 15) is 14.4 Å². The molecule has 0 radical (unpaired) electrons. The van der Waals surface area contributed by atoms with Gasteiger partial charge in [0.25, 0.3) is 5.91 Å². The molecule has 2 aromatic rings. The number of anilines is 1. The van der Waals surface area contributed by atoms with Crippen molar-refractivity contribution in [2.75, 3.05) is 18.5 Å². The van der Waals surface area contributed by atoms with Crippen molar-refractivity contribution in [1.82, 2.24) is 4.90 Å². The quantitative estimate of drug-likeness (QED) is 0.723. The monoisotopic (exact) mass is 380 g/mol. The fourth-order valence-electron chi connectivity index (χ4n) is 3.17. The Morgan fingerprint density at radius 1 is 1.11 bits per heavy atom. The number of benzene rings is 2. The zero-order chi connectivity index (χ0) is 20.1. The summed E-state index contributed by atoms with van der Waals surface area (Å²) in [5.74, 6) is -0.687. The maximum absolute atomic E-state index is 12.5. The molecule has 146 valence electrons. The largest absolute Gasteiger partial charge is 0.449 e. The normalized spacial score (nSPS) is 14.6. The van der Waals surface area contributed by atoms with Crippen molar-refractivity contribution in [3.63, 3.8) is 0 Å². The predicted octanol–water partition coefficient (Wildman–Crippen LogP) is 3.02. The van der Waals surface area contributed by atoms with Crippen LogP contribution in [0.15, 0.2) is 54.6 Å². The number of para-hydroxylation sites is 1. The van der Waals surface area contributed by atoms with Gasteiger partial charge in [0.05, 0.1) is 5.56 Å². The lowest BCUT2D eigenvalue weighted by molar-refractivity contribution is -0.128. The Labute approximate surface area is 164 Å². The second-order valence-electron chi connectivity index (χ2n) is 6.90. The molecule has 0 N–H and O–H groups in total. The van der Waals surface area contributed by atoms with Crippen LogP contribution >= 0.6 is 0 Å². The first-order chi connectivity index (χ1) is 13.5. The first-order valence-electron chi connectivity index (χ1n) is 9.36. The number of rotatable bonds is 6. The maximum Gasteiger partial charge on any atom is 0.338 e. The number of ether oxygens (including phenoxy) is 1. The number of esters is 1. The van der Waals surface area contributed by atoms with Crippen molar-refractivity contribution < 1.29 is 19.1 Å². The summed E-state index contributed by atoms with van der Waals surface area (Å²) in [7, 11) is 1.65. The highest BCUT2D eigenvalue weighted by molar-refractivity contribution is 5.98. The van der Waals surface area contributed by atoms with Crippen molar-refractivity contribution in [1.29, 1.82) is 0 Å². The number of likely N-dealkylation sites (N-methyl/N-ethyl adjacent to an activating group) is 1. The topological polar surface area (TPSA) is 66.9 Å². The lowest BCUT2D eigenvalue weighted by Crippen LogP contribution is -2.37. The summed E-state index contributed by atoms with van der Waals surface area (Å²) in [6.45, 7) is 2.88. The van der Waals surface area contributed by atoms with Gasteiger partial charge in [0, 0.05) is 32.2 Å². The fraction of sp³-hybridized carbons (Fsp3) is 0.318. The Kier molecular flexibility index (Phi) is 6.09. The molecular formula is C22H24N2O4. The van der Waals surface area contributed by atoms with Crippen molar-refractivity contribution in [2.24, 2.45) is 0 Å². The minimum Gasteiger partial charge on any atom is -0.449 e. The minimum absolute atomic E-state index is 0.165. The molecule has 0 aliphatic carbocycles. The van der Waals surface area contributed by atoms with Crippen molar-refractivity contribution in [3.8, 4) is 0 Å². The van der Waals surface area contributed by atoms with Gasteiger partial charge in [-0.3, -0.25) is 9.59 Å². The first-order valence-corrected chi connectivity index (χ1v) is 9.36. The molecule has 1 aliphatic rings. The molecule has 6 nitrogen and oxygen atoms in total. The summed E-state index contributed by atoms with van der Waals surface area (Å²) in [6.07, 6.45) is 0.597. The van der Waals surface area contributed by atoms with Crippen LogP contribution < -0.4 is 4.90 Å². The van der Waals surface area contributed by atoms with Crippen LogP contribution in [0.3, 0.4) is 0 Å². The Morgan fingerprint density at radius 3 is 2.39 bits per heavy atom. The van der Waals surface area contributed by atoms with E-state index < -0.39 is 12.1 Å². The Hall–Kier alpha value is -3.15. The summed E-state index contributed by atoms with van der Waals surface area (Å²) in [4.78, 5) is 39.9. The van der Waals surface area contributed by atoms with E-state index in [1.54, 1.807) is 26.1 Å². The van der Waals surface area contributed by atoms with Gasteiger partial charge in [-0.25, -0.2) is 4.79 Å². The Morgan fingerprint density at radius 2 is 1.79 bits per heavy atom. The van der Waals surface area contributed by atoms with Gasteiger partial charge in [-0.15, -0.1) is 0 Å². The lowest BCUT2D eigenvalue weighted by Gasteiger charge is -2.21. The Bertz CT molecular complexity index is 849. The van der Waals surface area contributed by atoms with Gasteiger partial charge in [0.15, 0.2) is 6.10 Å². The summed E-state index contributed by atoms with van der Waals surface area (Å²) >= 11 is 0. The summed E-state index contributed by atoms with van der Waals surface area (Å²) in [6, 6.07) is 16.1. The van der Waals surface area contributed by atoms with Crippen molar-refractivity contribution in [3.05, 3.63) is 65.7 Å². The van der Waals surface area contributed by atoms with Crippen molar-refractivity contribution >= 4 is 23.5 Å². The second kappa shape index (κ2) is 8.69. The number of amides is 2. The molecule has 1 aliphatic heterocycles. The lowest BCUT2D eigenvalue weighted by atomic mass is 10.1. The number of carbonyl (C=O) groups is 3. The minimum atomic E-state index is -0.903. The second-order valence-corrected chi connectivity index (χ2v) is 6.90. The molecule has 1 fully saturated rings. The van der Waals surface area contributed by atoms with E-state index in [-0.39, 0.29) is 11.8 Å². The third kappa shape index (κ3) is 4.57. The van der Waals surface area contributed by atoms with Crippen LogP contribution in [0.5, 0.6) is 0 Å². The van der Waals surface area contributed by atoms with Gasteiger partial charge >= 0.3 is 5.97 Å². The van der Waals surface area contributed by atoms with Gasteiger partial charge in [-0.2, -0.15) is 0 Å². The zero-order valence-corrected chi connectivity index (χ0v) is 16.1. The molecule has 0 spiro atoms. The average molecular weight is 380 g/mol. The molecule has 28 heavy (non-hydrogen) atoms. The van der Waals surface area contributed by atoms with Crippen LogP contribution in [-0.4, -0.2) is 42.4 Å². The molecule has 6 heteroatoms. The summed E-state index contributed by atoms with van der Waals surface area (Å²) in [5.41, 5.74) is 2.06. The van der Waals surface area contributed by atoms with Crippen LogP contribution in [0.25, 0.3) is 0 Å². The van der Waals surface area contributed by atoms with E-state index in [4.69, 9.17) is 4.74 Å². The number of hydrogen-bond acceptors (Lipinski definition) is 4.